The van der Waals surface area contributed by atoms with E-state index < -0.39 is 0 Å². The summed E-state index contributed by atoms with van der Waals surface area (Å²) < 4.78 is 0. The van der Waals surface area contributed by atoms with Crippen LogP contribution in [-0.2, 0) is 0 Å². The number of anilines is 1. The molecule has 0 radical (unpaired) electrons. The molecule has 3 rings (SSSR count). The molecule has 0 atom stereocenters. The summed E-state index contributed by atoms with van der Waals surface area (Å²) in [6, 6.07) is 15.6. The number of benzene rings is 2. The first-order chi connectivity index (χ1) is 10.3. The molecule has 0 aliphatic rings. The van der Waals surface area contributed by atoms with E-state index in [-0.39, 0.29) is 11.6 Å². The Kier molecular flexibility index (Phi) is 3.39. The van der Waals surface area contributed by atoms with Crippen LogP contribution in [0, 0.1) is 4.91 Å². The van der Waals surface area contributed by atoms with Crippen LogP contribution < -0.4 is 5.32 Å². The normalized spacial score (nSPS) is 10.3. The van der Waals surface area contributed by atoms with E-state index in [0.717, 1.165) is 0 Å². The first-order valence-corrected chi connectivity index (χ1v) is 6.37. The monoisotopic (exact) mass is 277 g/mol. The lowest BCUT2D eigenvalue weighted by molar-refractivity contribution is 0.102. The van der Waals surface area contributed by atoms with Crippen LogP contribution in [0.15, 0.2) is 66.0 Å². The van der Waals surface area contributed by atoms with Crippen molar-refractivity contribution in [1.29, 1.82) is 0 Å². The molecule has 0 aliphatic heterocycles. The van der Waals surface area contributed by atoms with Crippen LogP contribution in [0.4, 0.5) is 11.4 Å². The number of pyridine rings is 1. The molecule has 3 aromatic rings. The zero-order valence-electron chi connectivity index (χ0n) is 11.0. The maximum absolute atomic E-state index is 12.1. The second-order valence-electron chi connectivity index (χ2n) is 4.44. The zero-order valence-corrected chi connectivity index (χ0v) is 11.0. The predicted molar refractivity (Wildman–Crippen MR) is 81.6 cm³/mol. The average Bonchev–Trinajstić information content (AvgIpc) is 2.55. The fraction of sp³-hybridized carbons (Fsp3) is 0. The molecular formula is C16H11N3O2. The molecule has 0 fully saturated rings. The first-order valence-electron chi connectivity index (χ1n) is 6.37. The summed E-state index contributed by atoms with van der Waals surface area (Å²) in [5.74, 6) is -0.288. The summed E-state index contributed by atoms with van der Waals surface area (Å²) in [4.78, 5) is 27.4. The van der Waals surface area contributed by atoms with Gasteiger partial charge in [0.1, 0.15) is 5.69 Å². The van der Waals surface area contributed by atoms with Crippen molar-refractivity contribution < 1.29 is 4.79 Å². The number of nitrogens with zero attached hydrogens (tertiary/aromatic N) is 2. The van der Waals surface area contributed by atoms with Gasteiger partial charge in [-0.15, -0.1) is 4.91 Å². The molecule has 1 amide bonds. The maximum atomic E-state index is 12.1. The van der Waals surface area contributed by atoms with Crippen LogP contribution in [0.3, 0.4) is 0 Å². The summed E-state index contributed by atoms with van der Waals surface area (Å²) >= 11 is 0. The SMILES string of the molecule is O=Nc1c(NC(=O)c2ccccc2)ccc2ncccc12. The summed E-state index contributed by atoms with van der Waals surface area (Å²) in [6.45, 7) is 0. The van der Waals surface area contributed by atoms with Gasteiger partial charge in [0.15, 0.2) is 0 Å². The van der Waals surface area contributed by atoms with E-state index in [0.29, 0.717) is 22.2 Å². The molecule has 0 saturated heterocycles. The minimum atomic E-state index is -0.288. The van der Waals surface area contributed by atoms with Crippen molar-refractivity contribution in [3.63, 3.8) is 0 Å². The summed E-state index contributed by atoms with van der Waals surface area (Å²) in [7, 11) is 0. The van der Waals surface area contributed by atoms with Gasteiger partial charge in [-0.05, 0) is 41.6 Å². The number of carbonyl (C=O) groups is 1. The van der Waals surface area contributed by atoms with E-state index in [1.165, 1.54) is 0 Å². The average molecular weight is 277 g/mol. The Morgan fingerprint density at radius 2 is 1.81 bits per heavy atom. The molecule has 0 spiro atoms. The van der Waals surface area contributed by atoms with Gasteiger partial charge in [-0.3, -0.25) is 9.78 Å². The van der Waals surface area contributed by atoms with Crippen LogP contribution >= 0.6 is 0 Å². The topological polar surface area (TPSA) is 71.4 Å². The van der Waals surface area contributed by atoms with Crippen molar-refractivity contribution in [2.45, 2.75) is 0 Å². The lowest BCUT2D eigenvalue weighted by atomic mass is 10.1. The molecular weight excluding hydrogens is 266 g/mol. The maximum Gasteiger partial charge on any atom is 0.255 e. The van der Waals surface area contributed by atoms with E-state index in [9.17, 15) is 9.70 Å². The van der Waals surface area contributed by atoms with Crippen LogP contribution in [0.25, 0.3) is 10.9 Å². The molecule has 5 nitrogen and oxygen atoms in total. The highest BCUT2D eigenvalue weighted by Crippen LogP contribution is 2.33. The molecule has 0 aliphatic carbocycles. The molecule has 1 aromatic heterocycles. The van der Waals surface area contributed by atoms with Gasteiger partial charge in [-0.2, -0.15) is 0 Å². The van der Waals surface area contributed by atoms with Gasteiger partial charge in [0.05, 0.1) is 11.2 Å². The van der Waals surface area contributed by atoms with Gasteiger partial charge in [0.2, 0.25) is 0 Å². The summed E-state index contributed by atoms with van der Waals surface area (Å²) in [6.07, 6.45) is 1.64. The van der Waals surface area contributed by atoms with E-state index in [2.05, 4.69) is 15.5 Å². The second-order valence-corrected chi connectivity index (χ2v) is 4.44. The zero-order chi connectivity index (χ0) is 14.7. The molecule has 0 unspecified atom stereocenters. The van der Waals surface area contributed by atoms with E-state index in [1.54, 1.807) is 54.7 Å². The fourth-order valence-corrected chi connectivity index (χ4v) is 2.12. The van der Waals surface area contributed by atoms with Gasteiger partial charge in [0, 0.05) is 17.1 Å². The van der Waals surface area contributed by atoms with E-state index in [4.69, 9.17) is 0 Å². The van der Waals surface area contributed by atoms with Gasteiger partial charge in [-0.1, -0.05) is 18.2 Å². The summed E-state index contributed by atoms with van der Waals surface area (Å²) in [5.41, 5.74) is 1.73. The largest absolute Gasteiger partial charge is 0.320 e. The second kappa shape index (κ2) is 5.50. The Bertz CT molecular complexity index is 816. The van der Waals surface area contributed by atoms with Gasteiger partial charge in [-0.25, -0.2) is 0 Å². The van der Waals surface area contributed by atoms with E-state index in [1.807, 2.05) is 6.07 Å². The Morgan fingerprint density at radius 1 is 1.00 bits per heavy atom. The number of hydrogen-bond donors (Lipinski definition) is 1. The lowest BCUT2D eigenvalue weighted by Crippen LogP contribution is -2.11. The number of nitrogens with one attached hydrogen (secondary N) is 1. The first kappa shape index (κ1) is 12.9. The smallest absolute Gasteiger partial charge is 0.255 e. The third-order valence-corrected chi connectivity index (χ3v) is 3.13. The Labute approximate surface area is 120 Å². The van der Waals surface area contributed by atoms with Crippen molar-refractivity contribution in [2.75, 3.05) is 5.32 Å². The molecule has 21 heavy (non-hydrogen) atoms. The van der Waals surface area contributed by atoms with Crippen molar-refractivity contribution in [3.8, 4) is 0 Å². The van der Waals surface area contributed by atoms with Crippen molar-refractivity contribution >= 4 is 28.2 Å². The van der Waals surface area contributed by atoms with E-state index >= 15 is 0 Å². The van der Waals surface area contributed by atoms with Crippen LogP contribution in [-0.4, -0.2) is 10.9 Å². The predicted octanol–water partition coefficient (Wildman–Crippen LogP) is 3.89. The van der Waals surface area contributed by atoms with Crippen molar-refractivity contribution in [1.82, 2.24) is 4.98 Å². The van der Waals surface area contributed by atoms with Crippen molar-refractivity contribution in [3.05, 3.63) is 71.3 Å². The Balaban J connectivity index is 2.01. The number of nitroso groups, excluding NO2 is 1. The highest BCUT2D eigenvalue weighted by Gasteiger charge is 2.12. The summed E-state index contributed by atoms with van der Waals surface area (Å²) in [5, 5.41) is 6.36. The molecule has 1 heterocycles. The molecule has 0 saturated carbocycles. The van der Waals surface area contributed by atoms with Crippen LogP contribution in [0.2, 0.25) is 0 Å². The third-order valence-electron chi connectivity index (χ3n) is 3.13. The number of carbonyl (C=O) groups excluding carboxylic acids is 1. The molecule has 1 N–H and O–H groups in total. The fourth-order valence-electron chi connectivity index (χ4n) is 2.12. The van der Waals surface area contributed by atoms with Crippen molar-refractivity contribution in [2.24, 2.45) is 5.18 Å². The standard InChI is InChI=1S/C16H11N3O2/c20-16(11-5-2-1-3-6-11)18-14-9-8-13-12(15(14)19-21)7-4-10-17-13/h1-10H,(H,18,20). The number of fused-ring (bicyclic) bond motifs is 1. The van der Waals surface area contributed by atoms with Crippen LogP contribution in [0.5, 0.6) is 0 Å². The highest BCUT2D eigenvalue weighted by molar-refractivity contribution is 6.08. The molecule has 102 valence electrons. The van der Waals surface area contributed by atoms with Crippen LogP contribution in [0.1, 0.15) is 10.4 Å². The number of rotatable bonds is 3. The Hall–Kier alpha value is -3.08. The highest BCUT2D eigenvalue weighted by atomic mass is 16.3. The Morgan fingerprint density at radius 3 is 2.57 bits per heavy atom. The van der Waals surface area contributed by atoms with Gasteiger partial charge >= 0.3 is 0 Å². The minimum Gasteiger partial charge on any atom is -0.320 e. The molecule has 2 aromatic carbocycles. The van der Waals surface area contributed by atoms with Gasteiger partial charge < -0.3 is 5.32 Å². The number of amides is 1. The minimum absolute atomic E-state index is 0.185. The molecule has 5 heteroatoms. The van der Waals surface area contributed by atoms with Gasteiger partial charge in [0.25, 0.3) is 5.91 Å². The molecule has 0 bridgehead atoms. The number of aromatic nitrogens is 1. The number of hydrogen-bond acceptors (Lipinski definition) is 4. The quantitative estimate of drug-likeness (QED) is 0.738. The third kappa shape index (κ3) is 2.49. The lowest BCUT2D eigenvalue weighted by Gasteiger charge is -2.08.